The molecule has 0 saturated carbocycles. The van der Waals surface area contributed by atoms with Crippen LogP contribution in [0.5, 0.6) is 0 Å². The Kier molecular flexibility index (Phi) is 3.64. The van der Waals surface area contributed by atoms with Gasteiger partial charge in [0.05, 0.1) is 7.91 Å². The smallest absolute Gasteiger partial charge is 0.123 e. The summed E-state index contributed by atoms with van der Waals surface area (Å²) in [6.07, 6.45) is 0.813. The van der Waals surface area contributed by atoms with Crippen LogP contribution in [-0.4, -0.2) is 0 Å². The van der Waals surface area contributed by atoms with Gasteiger partial charge in [0, 0.05) is 11.3 Å². The van der Waals surface area contributed by atoms with Crippen molar-refractivity contribution in [2.24, 2.45) is 0 Å². The predicted molar refractivity (Wildman–Crippen MR) is 71.3 cm³/mol. The van der Waals surface area contributed by atoms with Crippen molar-refractivity contribution in [2.75, 3.05) is 0 Å². The molecule has 2 rings (SSSR count). The van der Waals surface area contributed by atoms with E-state index in [4.69, 9.17) is 11.6 Å². The van der Waals surface area contributed by atoms with E-state index in [1.54, 1.807) is 23.5 Å². The molecule has 0 amide bonds. The quantitative estimate of drug-likeness (QED) is 0.685. The minimum absolute atomic E-state index is 0.197. The molecule has 0 fully saturated rings. The molecule has 0 aliphatic rings. The summed E-state index contributed by atoms with van der Waals surface area (Å²) >= 11 is 9.86. The van der Waals surface area contributed by atoms with Crippen molar-refractivity contribution >= 4 is 45.5 Å². The summed E-state index contributed by atoms with van der Waals surface area (Å²) in [5.41, 5.74) is 1.10. The Morgan fingerprint density at radius 3 is 2.47 bits per heavy atom. The summed E-state index contributed by atoms with van der Waals surface area (Å²) in [4.78, 5) is 1.20. The van der Waals surface area contributed by atoms with Crippen LogP contribution in [0.2, 0.25) is 5.02 Å². The highest BCUT2D eigenvalue weighted by molar-refractivity contribution is 14.1. The maximum absolute atomic E-state index is 12.7. The normalized spacial score (nSPS) is 10.6. The first-order chi connectivity index (χ1) is 7.15. The van der Waals surface area contributed by atoms with Crippen LogP contribution >= 0.6 is 45.5 Å². The highest BCUT2D eigenvalue weighted by Gasteiger charge is 2.05. The third-order valence-electron chi connectivity index (χ3n) is 1.99. The van der Waals surface area contributed by atoms with Crippen molar-refractivity contribution in [3.8, 4) is 0 Å². The van der Waals surface area contributed by atoms with Gasteiger partial charge in [-0.25, -0.2) is 4.39 Å². The van der Waals surface area contributed by atoms with E-state index < -0.39 is 0 Å². The average Bonchev–Trinajstić information content (AvgIpc) is 2.50. The Labute approximate surface area is 110 Å². The standard InChI is InChI=1S/C11H7ClFIS/c12-10-6-9(15-11(10)14)5-7-1-3-8(13)4-2-7/h1-4,6H,5H2. The highest BCUT2D eigenvalue weighted by Crippen LogP contribution is 2.29. The van der Waals surface area contributed by atoms with E-state index in [0.717, 1.165) is 19.9 Å². The van der Waals surface area contributed by atoms with Gasteiger partial charge >= 0.3 is 0 Å². The first-order valence-electron chi connectivity index (χ1n) is 4.33. The molecule has 0 aliphatic heterocycles. The van der Waals surface area contributed by atoms with E-state index in [1.165, 1.54) is 17.0 Å². The van der Waals surface area contributed by atoms with Crippen LogP contribution in [0.4, 0.5) is 4.39 Å². The molecule has 0 spiro atoms. The molecule has 15 heavy (non-hydrogen) atoms. The topological polar surface area (TPSA) is 0 Å². The summed E-state index contributed by atoms with van der Waals surface area (Å²) in [6.45, 7) is 0. The van der Waals surface area contributed by atoms with E-state index in [9.17, 15) is 4.39 Å². The molecule has 0 nitrogen and oxygen atoms in total. The zero-order valence-corrected chi connectivity index (χ0v) is 11.4. The summed E-state index contributed by atoms with van der Waals surface area (Å²) in [5, 5.41) is 0.803. The van der Waals surface area contributed by atoms with Gasteiger partial charge in [-0.15, -0.1) is 11.3 Å². The number of benzene rings is 1. The molecule has 0 atom stereocenters. The lowest BCUT2D eigenvalue weighted by molar-refractivity contribution is 0.627. The molecule has 4 heteroatoms. The Balaban J connectivity index is 2.18. The summed E-state index contributed by atoms with van der Waals surface area (Å²) < 4.78 is 13.8. The minimum Gasteiger partial charge on any atom is -0.207 e. The van der Waals surface area contributed by atoms with E-state index in [2.05, 4.69) is 22.6 Å². The number of thiophene rings is 1. The monoisotopic (exact) mass is 352 g/mol. The van der Waals surface area contributed by atoms with Crippen molar-refractivity contribution in [1.82, 2.24) is 0 Å². The van der Waals surface area contributed by atoms with E-state index in [1.807, 2.05) is 6.07 Å². The molecule has 1 aromatic carbocycles. The molecule has 0 bridgehead atoms. The molecule has 1 aromatic heterocycles. The molecular formula is C11H7ClFIS. The first-order valence-corrected chi connectivity index (χ1v) is 6.60. The van der Waals surface area contributed by atoms with Crippen molar-refractivity contribution < 1.29 is 4.39 Å². The van der Waals surface area contributed by atoms with Gasteiger partial charge in [0.15, 0.2) is 0 Å². The lowest BCUT2D eigenvalue weighted by Crippen LogP contribution is -1.84. The summed E-state index contributed by atoms with van der Waals surface area (Å²) in [7, 11) is 0. The van der Waals surface area contributed by atoms with Crippen molar-refractivity contribution in [3.05, 3.63) is 54.5 Å². The van der Waals surface area contributed by atoms with Gasteiger partial charge in [-0.05, 0) is 46.4 Å². The number of rotatable bonds is 2. The second kappa shape index (κ2) is 4.80. The molecular weight excluding hydrogens is 346 g/mol. The fourth-order valence-corrected chi connectivity index (χ4v) is 3.40. The molecule has 2 aromatic rings. The van der Waals surface area contributed by atoms with Crippen LogP contribution in [0, 0.1) is 8.70 Å². The van der Waals surface area contributed by atoms with Crippen LogP contribution < -0.4 is 0 Å². The summed E-state index contributed by atoms with van der Waals surface area (Å²) in [6, 6.07) is 8.54. The minimum atomic E-state index is -0.197. The molecule has 0 radical (unpaired) electrons. The molecule has 78 valence electrons. The van der Waals surface area contributed by atoms with Gasteiger partial charge in [0.1, 0.15) is 5.82 Å². The highest BCUT2D eigenvalue weighted by atomic mass is 127. The fraction of sp³-hybridized carbons (Fsp3) is 0.0909. The van der Waals surface area contributed by atoms with Gasteiger partial charge in [-0.3, -0.25) is 0 Å². The predicted octanol–water partition coefficient (Wildman–Crippen LogP) is 4.74. The van der Waals surface area contributed by atoms with Crippen LogP contribution in [0.15, 0.2) is 30.3 Å². The van der Waals surface area contributed by atoms with Gasteiger partial charge in [-0.1, -0.05) is 23.7 Å². The lowest BCUT2D eigenvalue weighted by atomic mass is 10.1. The molecule has 0 unspecified atom stereocenters. The molecule has 0 N–H and O–H groups in total. The largest absolute Gasteiger partial charge is 0.207 e. The maximum Gasteiger partial charge on any atom is 0.123 e. The van der Waals surface area contributed by atoms with E-state index >= 15 is 0 Å². The zero-order chi connectivity index (χ0) is 10.8. The molecule has 0 saturated heterocycles. The van der Waals surface area contributed by atoms with E-state index in [0.29, 0.717) is 0 Å². The van der Waals surface area contributed by atoms with Gasteiger partial charge in [-0.2, -0.15) is 0 Å². The first kappa shape index (κ1) is 11.4. The number of halogens is 3. The fourth-order valence-electron chi connectivity index (χ4n) is 1.28. The SMILES string of the molecule is Fc1ccc(Cc2cc(Cl)c(I)s2)cc1. The van der Waals surface area contributed by atoms with Crippen molar-refractivity contribution in [1.29, 1.82) is 0 Å². The Morgan fingerprint density at radius 2 is 1.93 bits per heavy atom. The zero-order valence-electron chi connectivity index (χ0n) is 7.64. The second-order valence-corrected chi connectivity index (χ2v) is 6.49. The van der Waals surface area contributed by atoms with Gasteiger partial charge in [0.2, 0.25) is 0 Å². The molecule has 1 heterocycles. The van der Waals surface area contributed by atoms with Crippen LogP contribution in [0.25, 0.3) is 0 Å². The van der Waals surface area contributed by atoms with Crippen molar-refractivity contribution in [2.45, 2.75) is 6.42 Å². The third kappa shape index (κ3) is 2.92. The molecule has 0 aliphatic carbocycles. The Morgan fingerprint density at radius 1 is 1.27 bits per heavy atom. The second-order valence-electron chi connectivity index (χ2n) is 3.14. The number of hydrogen-bond acceptors (Lipinski definition) is 1. The average molecular weight is 353 g/mol. The van der Waals surface area contributed by atoms with Gasteiger partial charge < -0.3 is 0 Å². The van der Waals surface area contributed by atoms with E-state index in [-0.39, 0.29) is 5.82 Å². The maximum atomic E-state index is 12.7. The van der Waals surface area contributed by atoms with Crippen LogP contribution in [-0.2, 0) is 6.42 Å². The third-order valence-corrected chi connectivity index (χ3v) is 4.88. The number of hydrogen-bond donors (Lipinski definition) is 0. The Hall–Kier alpha value is -0.130. The van der Waals surface area contributed by atoms with Crippen LogP contribution in [0.3, 0.4) is 0 Å². The van der Waals surface area contributed by atoms with Gasteiger partial charge in [0.25, 0.3) is 0 Å². The summed E-state index contributed by atoms with van der Waals surface area (Å²) in [5.74, 6) is -0.197. The van der Waals surface area contributed by atoms with Crippen molar-refractivity contribution in [3.63, 3.8) is 0 Å². The van der Waals surface area contributed by atoms with Crippen LogP contribution in [0.1, 0.15) is 10.4 Å². The lowest BCUT2D eigenvalue weighted by Gasteiger charge is -1.97. The Bertz CT molecular complexity index is 444.